The van der Waals surface area contributed by atoms with Crippen molar-refractivity contribution >= 4 is 49.2 Å². The molecular weight excluding hydrogens is 422 g/mol. The molecule has 0 aliphatic rings. The maximum atomic E-state index is 12.9. The number of sulfonamides is 1. The fourth-order valence-electron chi connectivity index (χ4n) is 2.01. The molecule has 2 aromatic carbocycles. The summed E-state index contributed by atoms with van der Waals surface area (Å²) in [6, 6.07) is 10.2. The molecule has 0 aromatic heterocycles. The Morgan fingerprint density at radius 3 is 2.42 bits per heavy atom. The molecule has 0 saturated heterocycles. The SMILES string of the molecule is COc1ccc(Cl)cc1N(CC(=O)O)S(=O)(=O)c1ccc(Br)cc1. The molecule has 0 amide bonds. The topological polar surface area (TPSA) is 83.9 Å². The van der Waals surface area contributed by atoms with Crippen molar-refractivity contribution in [2.24, 2.45) is 0 Å². The summed E-state index contributed by atoms with van der Waals surface area (Å²) in [4.78, 5) is 11.2. The highest BCUT2D eigenvalue weighted by atomic mass is 79.9. The third-order valence-corrected chi connectivity index (χ3v) is 5.63. The van der Waals surface area contributed by atoms with E-state index in [4.69, 9.17) is 21.4 Å². The van der Waals surface area contributed by atoms with Gasteiger partial charge in [-0.3, -0.25) is 9.10 Å². The van der Waals surface area contributed by atoms with Gasteiger partial charge in [-0.1, -0.05) is 27.5 Å². The molecule has 2 aromatic rings. The number of aliphatic carboxylic acids is 1. The van der Waals surface area contributed by atoms with Crippen LogP contribution < -0.4 is 9.04 Å². The van der Waals surface area contributed by atoms with Crippen LogP contribution in [-0.4, -0.2) is 33.1 Å². The van der Waals surface area contributed by atoms with Gasteiger partial charge in [0.25, 0.3) is 10.0 Å². The summed E-state index contributed by atoms with van der Waals surface area (Å²) in [5, 5.41) is 9.40. The second-order valence-corrected chi connectivity index (χ2v) is 7.89. The number of carboxylic acid groups (broad SMARTS) is 1. The van der Waals surface area contributed by atoms with Crippen LogP contribution in [0.5, 0.6) is 5.75 Å². The lowest BCUT2D eigenvalue weighted by atomic mass is 10.3. The number of carbonyl (C=O) groups is 1. The van der Waals surface area contributed by atoms with Gasteiger partial charge in [-0.05, 0) is 42.5 Å². The van der Waals surface area contributed by atoms with E-state index in [1.807, 2.05) is 0 Å². The lowest BCUT2D eigenvalue weighted by Gasteiger charge is -2.24. The van der Waals surface area contributed by atoms with Gasteiger partial charge >= 0.3 is 5.97 Å². The van der Waals surface area contributed by atoms with Crippen molar-refractivity contribution in [2.45, 2.75) is 4.90 Å². The summed E-state index contributed by atoms with van der Waals surface area (Å²) in [6.07, 6.45) is 0. The van der Waals surface area contributed by atoms with Gasteiger partial charge in [0, 0.05) is 9.50 Å². The highest BCUT2D eigenvalue weighted by Crippen LogP contribution is 2.34. The van der Waals surface area contributed by atoms with Crippen molar-refractivity contribution in [1.82, 2.24) is 0 Å². The van der Waals surface area contributed by atoms with E-state index in [9.17, 15) is 13.2 Å². The number of benzene rings is 2. The van der Waals surface area contributed by atoms with E-state index in [0.29, 0.717) is 4.47 Å². The molecular formula is C15H13BrClNO5S. The number of nitrogens with zero attached hydrogens (tertiary/aromatic N) is 1. The van der Waals surface area contributed by atoms with E-state index in [2.05, 4.69) is 15.9 Å². The molecule has 1 N–H and O–H groups in total. The summed E-state index contributed by atoms with van der Waals surface area (Å²) in [7, 11) is -2.76. The van der Waals surface area contributed by atoms with Crippen molar-refractivity contribution in [1.29, 1.82) is 0 Å². The third kappa shape index (κ3) is 4.00. The minimum Gasteiger partial charge on any atom is -0.495 e. The Kier molecular flexibility index (Phi) is 5.74. The molecule has 24 heavy (non-hydrogen) atoms. The second kappa shape index (κ2) is 7.42. The number of hydrogen-bond donors (Lipinski definition) is 1. The van der Waals surface area contributed by atoms with Crippen LogP contribution in [0, 0.1) is 0 Å². The molecule has 0 bridgehead atoms. The number of ether oxygens (including phenoxy) is 1. The molecule has 0 radical (unpaired) electrons. The summed E-state index contributed by atoms with van der Waals surface area (Å²) >= 11 is 9.17. The minimum absolute atomic E-state index is 0.0472. The molecule has 2 rings (SSSR count). The van der Waals surface area contributed by atoms with Gasteiger partial charge in [-0.15, -0.1) is 0 Å². The quantitative estimate of drug-likeness (QED) is 0.753. The van der Waals surface area contributed by atoms with E-state index in [1.165, 1.54) is 37.4 Å². The molecule has 6 nitrogen and oxygen atoms in total. The van der Waals surface area contributed by atoms with Crippen LogP contribution in [0.4, 0.5) is 5.69 Å². The number of halogens is 2. The van der Waals surface area contributed by atoms with Crippen molar-refractivity contribution in [3.8, 4) is 5.75 Å². The van der Waals surface area contributed by atoms with Gasteiger partial charge in [0.2, 0.25) is 0 Å². The van der Waals surface area contributed by atoms with Gasteiger partial charge < -0.3 is 9.84 Å². The van der Waals surface area contributed by atoms with E-state index < -0.39 is 22.5 Å². The van der Waals surface area contributed by atoms with E-state index in [1.54, 1.807) is 12.1 Å². The third-order valence-electron chi connectivity index (χ3n) is 3.09. The van der Waals surface area contributed by atoms with Gasteiger partial charge in [-0.25, -0.2) is 8.42 Å². The number of anilines is 1. The zero-order chi connectivity index (χ0) is 17.9. The first-order chi connectivity index (χ1) is 11.3. The average molecular weight is 435 g/mol. The fraction of sp³-hybridized carbons (Fsp3) is 0.133. The minimum atomic E-state index is -4.12. The summed E-state index contributed by atoms with van der Waals surface area (Å²) < 4.78 is 32.4. The maximum Gasteiger partial charge on any atom is 0.324 e. The Morgan fingerprint density at radius 1 is 1.25 bits per heavy atom. The number of methoxy groups -OCH3 is 1. The van der Waals surface area contributed by atoms with Crippen LogP contribution in [-0.2, 0) is 14.8 Å². The molecule has 0 fully saturated rings. The standard InChI is InChI=1S/C15H13BrClNO5S/c1-23-14-7-4-11(17)8-13(14)18(9-15(19)20)24(21,22)12-5-2-10(16)3-6-12/h2-8H,9H2,1H3,(H,19,20). The van der Waals surface area contributed by atoms with Gasteiger partial charge in [0.15, 0.2) is 0 Å². The van der Waals surface area contributed by atoms with Gasteiger partial charge in [0.1, 0.15) is 12.3 Å². The predicted molar refractivity (Wildman–Crippen MR) is 94.3 cm³/mol. The highest BCUT2D eigenvalue weighted by Gasteiger charge is 2.29. The molecule has 0 aliphatic heterocycles. The Morgan fingerprint density at radius 2 is 1.88 bits per heavy atom. The Hall–Kier alpha value is -1.77. The molecule has 0 unspecified atom stereocenters. The van der Waals surface area contributed by atoms with Crippen molar-refractivity contribution in [2.75, 3.05) is 18.0 Å². The molecule has 9 heteroatoms. The first-order valence-electron chi connectivity index (χ1n) is 6.59. The number of hydrogen-bond acceptors (Lipinski definition) is 4. The normalized spacial score (nSPS) is 11.1. The monoisotopic (exact) mass is 433 g/mol. The maximum absolute atomic E-state index is 12.9. The molecule has 0 saturated carbocycles. The molecule has 128 valence electrons. The van der Waals surface area contributed by atoms with Gasteiger partial charge in [0.05, 0.1) is 17.7 Å². The molecule has 0 aliphatic carbocycles. The zero-order valence-corrected chi connectivity index (χ0v) is 15.6. The van der Waals surface area contributed by atoms with Crippen molar-refractivity contribution in [3.63, 3.8) is 0 Å². The highest BCUT2D eigenvalue weighted by molar-refractivity contribution is 9.10. The smallest absolute Gasteiger partial charge is 0.324 e. The first kappa shape index (κ1) is 18.6. The van der Waals surface area contributed by atoms with E-state index >= 15 is 0 Å². The van der Waals surface area contributed by atoms with E-state index in [0.717, 1.165) is 4.31 Å². The predicted octanol–water partition coefficient (Wildman–Crippen LogP) is 3.39. The Bertz CT molecular complexity index is 855. The average Bonchev–Trinajstić information content (AvgIpc) is 2.52. The summed E-state index contributed by atoms with van der Waals surface area (Å²) in [5.41, 5.74) is 0.0512. The molecule has 0 heterocycles. The van der Waals surface area contributed by atoms with Crippen LogP contribution in [0.3, 0.4) is 0 Å². The second-order valence-electron chi connectivity index (χ2n) is 4.68. The number of rotatable bonds is 6. The zero-order valence-electron chi connectivity index (χ0n) is 12.4. The summed E-state index contributed by atoms with van der Waals surface area (Å²) in [5.74, 6) is -1.11. The van der Waals surface area contributed by atoms with Crippen LogP contribution in [0.15, 0.2) is 51.8 Å². The molecule has 0 spiro atoms. The van der Waals surface area contributed by atoms with Crippen LogP contribution >= 0.6 is 27.5 Å². The Labute approximate surface area is 152 Å². The van der Waals surface area contributed by atoms with Crippen molar-refractivity contribution < 1.29 is 23.1 Å². The lowest BCUT2D eigenvalue weighted by Crippen LogP contribution is -2.36. The van der Waals surface area contributed by atoms with E-state index in [-0.39, 0.29) is 21.4 Å². The van der Waals surface area contributed by atoms with Crippen molar-refractivity contribution in [3.05, 3.63) is 52.0 Å². The van der Waals surface area contributed by atoms with Gasteiger partial charge in [-0.2, -0.15) is 0 Å². The largest absolute Gasteiger partial charge is 0.495 e. The number of carboxylic acids is 1. The molecule has 0 atom stereocenters. The first-order valence-corrected chi connectivity index (χ1v) is 9.20. The van der Waals surface area contributed by atoms with Crippen LogP contribution in [0.25, 0.3) is 0 Å². The van der Waals surface area contributed by atoms with Crippen LogP contribution in [0.1, 0.15) is 0 Å². The Balaban J connectivity index is 2.63. The van der Waals surface area contributed by atoms with Crippen LogP contribution in [0.2, 0.25) is 5.02 Å². The fourth-order valence-corrected chi connectivity index (χ4v) is 3.86. The summed E-state index contributed by atoms with van der Waals surface area (Å²) in [6.45, 7) is -0.769. The lowest BCUT2D eigenvalue weighted by molar-refractivity contribution is -0.135.